The van der Waals surface area contributed by atoms with Gasteiger partial charge in [0, 0.05) is 13.1 Å². The molecule has 1 aromatic rings. The number of amides is 1. The van der Waals surface area contributed by atoms with E-state index >= 15 is 0 Å². The van der Waals surface area contributed by atoms with E-state index in [2.05, 4.69) is 5.18 Å². The minimum atomic E-state index is 0.427. The van der Waals surface area contributed by atoms with Crippen molar-refractivity contribution in [2.75, 3.05) is 6.54 Å². The molecule has 0 aromatic heterocycles. The second-order valence-corrected chi connectivity index (χ2v) is 3.37. The van der Waals surface area contributed by atoms with Crippen LogP contribution in [0.1, 0.15) is 11.1 Å². The SMILES string of the molecule is O=CN1CCc2ccc(N=O)cc2C1. The molecule has 1 amide bonds. The number of benzene rings is 1. The Morgan fingerprint density at radius 2 is 2.21 bits per heavy atom. The fourth-order valence-corrected chi connectivity index (χ4v) is 1.71. The van der Waals surface area contributed by atoms with Gasteiger partial charge in [-0.2, -0.15) is 0 Å². The Balaban J connectivity index is 2.33. The third-order valence-corrected chi connectivity index (χ3v) is 2.49. The van der Waals surface area contributed by atoms with Crippen molar-refractivity contribution in [3.8, 4) is 0 Å². The van der Waals surface area contributed by atoms with Gasteiger partial charge in [0.25, 0.3) is 0 Å². The lowest BCUT2D eigenvalue weighted by Gasteiger charge is -2.25. The van der Waals surface area contributed by atoms with Crippen LogP contribution in [0.2, 0.25) is 0 Å². The highest BCUT2D eigenvalue weighted by atomic mass is 16.3. The predicted octanol–water partition coefficient (Wildman–Crippen LogP) is 1.60. The maximum atomic E-state index is 10.6. The summed E-state index contributed by atoms with van der Waals surface area (Å²) in [4.78, 5) is 22.6. The van der Waals surface area contributed by atoms with Gasteiger partial charge in [0.2, 0.25) is 6.41 Å². The molecule has 1 aliphatic heterocycles. The second-order valence-electron chi connectivity index (χ2n) is 3.37. The number of carbonyl (C=O) groups is 1. The molecular weight excluding hydrogens is 180 g/mol. The van der Waals surface area contributed by atoms with Gasteiger partial charge in [0.15, 0.2) is 0 Å². The van der Waals surface area contributed by atoms with Crippen molar-refractivity contribution in [2.24, 2.45) is 5.18 Å². The number of hydrogen-bond donors (Lipinski definition) is 0. The van der Waals surface area contributed by atoms with Crippen LogP contribution in [-0.4, -0.2) is 17.9 Å². The van der Waals surface area contributed by atoms with E-state index in [0.717, 1.165) is 24.9 Å². The van der Waals surface area contributed by atoms with Crippen LogP contribution in [0, 0.1) is 4.91 Å². The van der Waals surface area contributed by atoms with Gasteiger partial charge in [-0.25, -0.2) is 0 Å². The number of nitrogens with zero attached hydrogens (tertiary/aromatic N) is 2. The van der Waals surface area contributed by atoms with Crippen LogP contribution < -0.4 is 0 Å². The maximum absolute atomic E-state index is 10.6. The largest absolute Gasteiger partial charge is 0.341 e. The first kappa shape index (κ1) is 8.87. The van der Waals surface area contributed by atoms with Crippen LogP contribution in [0.3, 0.4) is 0 Å². The molecule has 0 unspecified atom stereocenters. The summed E-state index contributed by atoms with van der Waals surface area (Å²) in [5.74, 6) is 0. The standard InChI is InChI=1S/C10H10N2O2/c13-7-12-4-3-8-1-2-10(11-14)5-9(8)6-12/h1-2,5,7H,3-4,6H2. The van der Waals surface area contributed by atoms with E-state index in [0.29, 0.717) is 12.2 Å². The van der Waals surface area contributed by atoms with Crippen LogP contribution in [0.5, 0.6) is 0 Å². The van der Waals surface area contributed by atoms with Gasteiger partial charge in [-0.1, -0.05) is 6.07 Å². The van der Waals surface area contributed by atoms with E-state index in [1.807, 2.05) is 6.07 Å². The number of nitroso groups, excluding NO2 is 1. The Kier molecular flexibility index (Phi) is 2.26. The van der Waals surface area contributed by atoms with Crippen molar-refractivity contribution in [3.05, 3.63) is 34.2 Å². The summed E-state index contributed by atoms with van der Waals surface area (Å²) in [6.45, 7) is 1.34. The molecule has 0 atom stereocenters. The molecule has 0 saturated carbocycles. The second kappa shape index (κ2) is 3.57. The van der Waals surface area contributed by atoms with E-state index in [4.69, 9.17) is 0 Å². The molecule has 1 heterocycles. The van der Waals surface area contributed by atoms with Gasteiger partial charge in [0.1, 0.15) is 5.69 Å². The van der Waals surface area contributed by atoms with E-state index in [1.54, 1.807) is 17.0 Å². The summed E-state index contributed by atoms with van der Waals surface area (Å²) >= 11 is 0. The molecule has 1 aromatic carbocycles. The van der Waals surface area contributed by atoms with Gasteiger partial charge in [-0.05, 0) is 34.9 Å². The zero-order valence-electron chi connectivity index (χ0n) is 7.64. The predicted molar refractivity (Wildman–Crippen MR) is 52.1 cm³/mol. The molecule has 72 valence electrons. The molecule has 4 nitrogen and oxygen atoms in total. The highest BCUT2D eigenvalue weighted by Gasteiger charge is 2.14. The molecule has 4 heteroatoms. The van der Waals surface area contributed by atoms with Gasteiger partial charge in [-0.3, -0.25) is 4.79 Å². The van der Waals surface area contributed by atoms with Gasteiger partial charge in [-0.15, -0.1) is 4.91 Å². The zero-order chi connectivity index (χ0) is 9.97. The third-order valence-electron chi connectivity index (χ3n) is 2.49. The summed E-state index contributed by atoms with van der Waals surface area (Å²) in [5, 5.41) is 2.87. The average Bonchev–Trinajstić information content (AvgIpc) is 2.27. The van der Waals surface area contributed by atoms with E-state index in [9.17, 15) is 9.70 Å². The summed E-state index contributed by atoms with van der Waals surface area (Å²) in [7, 11) is 0. The number of carbonyl (C=O) groups excluding carboxylic acids is 1. The lowest BCUT2D eigenvalue weighted by atomic mass is 10.00. The molecule has 0 spiro atoms. The van der Waals surface area contributed by atoms with Crippen molar-refractivity contribution in [2.45, 2.75) is 13.0 Å². The summed E-state index contributed by atoms with van der Waals surface area (Å²) < 4.78 is 0. The van der Waals surface area contributed by atoms with E-state index in [1.165, 1.54) is 5.56 Å². The quantitative estimate of drug-likeness (QED) is 0.525. The Morgan fingerprint density at radius 1 is 1.36 bits per heavy atom. The van der Waals surface area contributed by atoms with E-state index < -0.39 is 0 Å². The molecular formula is C10H10N2O2. The minimum absolute atomic E-state index is 0.427. The Morgan fingerprint density at radius 3 is 2.93 bits per heavy atom. The average molecular weight is 190 g/mol. The number of hydrogen-bond acceptors (Lipinski definition) is 3. The summed E-state index contributed by atoms with van der Waals surface area (Å²) in [6.07, 6.45) is 1.69. The summed E-state index contributed by atoms with van der Waals surface area (Å²) in [5.41, 5.74) is 2.66. The van der Waals surface area contributed by atoms with Crippen LogP contribution in [-0.2, 0) is 17.8 Å². The molecule has 0 saturated heterocycles. The smallest absolute Gasteiger partial charge is 0.210 e. The van der Waals surface area contributed by atoms with Crippen molar-refractivity contribution in [3.63, 3.8) is 0 Å². The van der Waals surface area contributed by atoms with Crippen molar-refractivity contribution >= 4 is 12.1 Å². The Labute approximate surface area is 81.5 Å². The highest BCUT2D eigenvalue weighted by molar-refractivity contribution is 5.51. The van der Waals surface area contributed by atoms with Gasteiger partial charge in [0.05, 0.1) is 0 Å². The van der Waals surface area contributed by atoms with Crippen molar-refractivity contribution < 1.29 is 4.79 Å². The first-order valence-electron chi connectivity index (χ1n) is 4.48. The van der Waals surface area contributed by atoms with Crippen LogP contribution in [0.4, 0.5) is 5.69 Å². The number of fused-ring (bicyclic) bond motifs is 1. The fourth-order valence-electron chi connectivity index (χ4n) is 1.71. The van der Waals surface area contributed by atoms with Crippen molar-refractivity contribution in [1.82, 2.24) is 4.90 Å². The summed E-state index contributed by atoms with van der Waals surface area (Å²) in [6, 6.07) is 5.37. The normalized spacial score (nSPS) is 14.7. The van der Waals surface area contributed by atoms with Gasteiger partial charge < -0.3 is 4.90 Å². The maximum Gasteiger partial charge on any atom is 0.210 e. The molecule has 14 heavy (non-hydrogen) atoms. The molecule has 0 fully saturated rings. The Hall–Kier alpha value is -1.71. The van der Waals surface area contributed by atoms with Crippen LogP contribution >= 0.6 is 0 Å². The molecule has 0 bridgehead atoms. The van der Waals surface area contributed by atoms with E-state index in [-0.39, 0.29) is 0 Å². The zero-order valence-corrected chi connectivity index (χ0v) is 7.64. The molecule has 0 aliphatic carbocycles. The van der Waals surface area contributed by atoms with Crippen molar-refractivity contribution in [1.29, 1.82) is 0 Å². The lowest BCUT2D eigenvalue weighted by molar-refractivity contribution is -0.118. The first-order valence-corrected chi connectivity index (χ1v) is 4.48. The molecule has 0 N–H and O–H groups in total. The minimum Gasteiger partial charge on any atom is -0.341 e. The molecule has 2 rings (SSSR count). The Bertz CT molecular complexity index is 376. The van der Waals surface area contributed by atoms with Crippen LogP contribution in [0.15, 0.2) is 23.4 Å². The topological polar surface area (TPSA) is 49.7 Å². The molecule has 0 radical (unpaired) electrons. The highest BCUT2D eigenvalue weighted by Crippen LogP contribution is 2.23. The fraction of sp³-hybridized carbons (Fsp3) is 0.300. The van der Waals surface area contributed by atoms with Crippen LogP contribution in [0.25, 0.3) is 0 Å². The monoisotopic (exact) mass is 190 g/mol. The third kappa shape index (κ3) is 1.51. The number of rotatable bonds is 2. The lowest BCUT2D eigenvalue weighted by Crippen LogP contribution is -2.28. The first-order chi connectivity index (χ1) is 6.83. The molecule has 1 aliphatic rings. The van der Waals surface area contributed by atoms with Gasteiger partial charge >= 0.3 is 0 Å².